The Bertz CT molecular complexity index is 1100. The van der Waals surface area contributed by atoms with Gasteiger partial charge in [0.15, 0.2) is 18.9 Å². The summed E-state index contributed by atoms with van der Waals surface area (Å²) in [7, 11) is 1.64. The molecule has 0 spiro atoms. The number of para-hydroxylation sites is 1. The molecule has 0 radical (unpaired) electrons. The molecule has 4 aromatic rings. The third-order valence-electron chi connectivity index (χ3n) is 4.83. The number of hydrogen-bond acceptors (Lipinski definition) is 3. The molecule has 0 bridgehead atoms. The molecule has 1 unspecified atom stereocenters. The lowest BCUT2D eigenvalue weighted by Gasteiger charge is -2.17. The number of H-pyrrole nitrogens is 1. The molecule has 4 rings (SSSR count). The van der Waals surface area contributed by atoms with Crippen molar-refractivity contribution in [1.29, 1.82) is 0 Å². The molecule has 0 saturated carbocycles. The molecule has 5 nitrogen and oxygen atoms in total. The molecular weight excluding hydrogens is 352 g/mol. The minimum Gasteiger partial charge on any atom is -0.496 e. The van der Waals surface area contributed by atoms with Crippen LogP contribution in [0.2, 0.25) is 0 Å². The maximum Gasteiger partial charge on any atom is 0.361 e. The van der Waals surface area contributed by atoms with Crippen LogP contribution in [0.25, 0.3) is 11.3 Å². The van der Waals surface area contributed by atoms with Crippen LogP contribution in [0.1, 0.15) is 17.0 Å². The monoisotopic (exact) mass is 373 g/mol. The average molecular weight is 373 g/mol. The van der Waals surface area contributed by atoms with Gasteiger partial charge >= 0.3 is 5.63 Å². The summed E-state index contributed by atoms with van der Waals surface area (Å²) in [5.74, 6) is 0.491. The van der Waals surface area contributed by atoms with Gasteiger partial charge in [0.25, 0.3) is 0 Å². The predicted molar refractivity (Wildman–Crippen MR) is 106 cm³/mol. The highest BCUT2D eigenvalue weighted by Gasteiger charge is 2.30. The molecule has 0 saturated heterocycles. The van der Waals surface area contributed by atoms with Gasteiger partial charge in [0.05, 0.1) is 24.3 Å². The lowest BCUT2D eigenvalue weighted by Crippen LogP contribution is -2.37. The molecule has 1 atom stereocenters. The Morgan fingerprint density at radius 2 is 1.64 bits per heavy atom. The maximum atomic E-state index is 12.8. The highest BCUT2D eigenvalue weighted by molar-refractivity contribution is 5.64. The summed E-state index contributed by atoms with van der Waals surface area (Å²) in [6.07, 6.45) is 3.97. The smallest absolute Gasteiger partial charge is 0.361 e. The third kappa shape index (κ3) is 3.47. The summed E-state index contributed by atoms with van der Waals surface area (Å²) in [5, 5.41) is 2.83. The van der Waals surface area contributed by atoms with Gasteiger partial charge in [-0.3, -0.25) is 0 Å². The fourth-order valence-electron chi connectivity index (χ4n) is 3.51. The van der Waals surface area contributed by atoms with Crippen molar-refractivity contribution in [3.8, 4) is 17.0 Å². The zero-order valence-electron chi connectivity index (χ0n) is 15.5. The summed E-state index contributed by atoms with van der Waals surface area (Å²) >= 11 is 0. The van der Waals surface area contributed by atoms with E-state index in [0.717, 1.165) is 16.9 Å². The van der Waals surface area contributed by atoms with Crippen molar-refractivity contribution in [2.75, 3.05) is 7.11 Å². The first-order valence-electron chi connectivity index (χ1n) is 9.11. The van der Waals surface area contributed by atoms with Gasteiger partial charge in [-0.25, -0.2) is 14.5 Å². The van der Waals surface area contributed by atoms with Crippen molar-refractivity contribution < 1.29 is 13.8 Å². The highest BCUT2D eigenvalue weighted by atomic mass is 16.5. The molecule has 0 aliphatic rings. The Morgan fingerprint density at radius 3 is 2.39 bits per heavy atom. The number of aromatic amines is 1. The number of ether oxygens (including phenoxy) is 1. The Morgan fingerprint density at radius 1 is 0.964 bits per heavy atom. The number of nitrogens with zero attached hydrogens (tertiary/aromatic N) is 1. The van der Waals surface area contributed by atoms with Crippen molar-refractivity contribution in [3.05, 3.63) is 107 Å². The molecule has 0 aliphatic heterocycles. The number of nitrogens with one attached hydrogen (secondary N) is 1. The third-order valence-corrected chi connectivity index (χ3v) is 4.83. The van der Waals surface area contributed by atoms with Gasteiger partial charge in [-0.05, 0) is 6.07 Å². The van der Waals surface area contributed by atoms with Crippen LogP contribution < -0.4 is 14.9 Å². The van der Waals surface area contributed by atoms with Crippen LogP contribution in [-0.4, -0.2) is 12.3 Å². The van der Waals surface area contributed by atoms with E-state index >= 15 is 0 Å². The SMILES string of the molecule is COc1ccccc1C(C[n+]1ccccc1)c1c(-c2ccccc2)[nH]oc1=O. The van der Waals surface area contributed by atoms with Crippen molar-refractivity contribution in [2.24, 2.45) is 0 Å². The van der Waals surface area contributed by atoms with Gasteiger partial charge in [-0.1, -0.05) is 54.6 Å². The minimum atomic E-state index is -0.369. The van der Waals surface area contributed by atoms with Crippen LogP contribution in [0.4, 0.5) is 0 Å². The van der Waals surface area contributed by atoms with Crippen LogP contribution in [0.5, 0.6) is 5.75 Å². The maximum absolute atomic E-state index is 12.8. The summed E-state index contributed by atoms with van der Waals surface area (Å²) in [4.78, 5) is 12.8. The number of methoxy groups -OCH3 is 1. The van der Waals surface area contributed by atoms with Crippen molar-refractivity contribution in [2.45, 2.75) is 12.5 Å². The Labute approximate surface area is 162 Å². The summed E-state index contributed by atoms with van der Waals surface area (Å²) in [5.41, 5.74) is 2.75. The summed E-state index contributed by atoms with van der Waals surface area (Å²) < 4.78 is 12.9. The first-order chi connectivity index (χ1) is 13.8. The second-order valence-corrected chi connectivity index (χ2v) is 6.51. The number of rotatable bonds is 6. The lowest BCUT2D eigenvalue weighted by atomic mass is 9.89. The molecule has 0 fully saturated rings. The van der Waals surface area contributed by atoms with Gasteiger partial charge in [-0.2, -0.15) is 0 Å². The molecule has 28 heavy (non-hydrogen) atoms. The molecule has 2 heterocycles. The van der Waals surface area contributed by atoms with Gasteiger partial charge in [0.1, 0.15) is 5.75 Å². The van der Waals surface area contributed by atoms with E-state index in [2.05, 4.69) is 9.72 Å². The standard InChI is InChI=1S/C23H20N2O3/c1-27-20-13-7-6-12-18(20)19(16-25-14-8-3-9-15-25)21-22(24-28-23(21)26)17-10-4-2-5-11-17/h2-15,19H,16H2,1H3/p+1. The van der Waals surface area contributed by atoms with Crippen LogP contribution in [0, 0.1) is 0 Å². The Hall–Kier alpha value is -3.60. The van der Waals surface area contributed by atoms with Gasteiger partial charge in [0.2, 0.25) is 0 Å². The van der Waals surface area contributed by atoms with Crippen molar-refractivity contribution in [1.82, 2.24) is 5.16 Å². The number of aromatic nitrogens is 2. The topological polar surface area (TPSA) is 59.1 Å². The van der Waals surface area contributed by atoms with Gasteiger partial charge in [0, 0.05) is 23.3 Å². The highest BCUT2D eigenvalue weighted by Crippen LogP contribution is 2.35. The average Bonchev–Trinajstić information content (AvgIpc) is 3.14. The Balaban J connectivity index is 1.90. The normalized spacial score (nSPS) is 11.9. The second-order valence-electron chi connectivity index (χ2n) is 6.51. The Kier molecular flexibility index (Phi) is 5.06. The molecule has 0 aliphatic carbocycles. The molecule has 1 N–H and O–H groups in total. The number of benzene rings is 2. The fourth-order valence-corrected chi connectivity index (χ4v) is 3.51. The van der Waals surface area contributed by atoms with E-state index in [9.17, 15) is 4.79 Å². The first-order valence-corrected chi connectivity index (χ1v) is 9.11. The van der Waals surface area contributed by atoms with Crippen LogP contribution >= 0.6 is 0 Å². The van der Waals surface area contributed by atoms with E-state index in [1.165, 1.54) is 0 Å². The quantitative estimate of drug-likeness (QED) is 0.524. The predicted octanol–water partition coefficient (Wildman–Crippen LogP) is 3.76. The zero-order chi connectivity index (χ0) is 19.3. The van der Waals surface area contributed by atoms with Crippen molar-refractivity contribution >= 4 is 0 Å². The van der Waals surface area contributed by atoms with E-state index < -0.39 is 0 Å². The summed E-state index contributed by atoms with van der Waals surface area (Å²) in [6.45, 7) is 0.573. The van der Waals surface area contributed by atoms with Gasteiger partial charge < -0.3 is 9.26 Å². The van der Waals surface area contributed by atoms with Gasteiger partial charge in [-0.15, -0.1) is 0 Å². The largest absolute Gasteiger partial charge is 0.496 e. The fraction of sp³-hybridized carbons (Fsp3) is 0.130. The molecule has 0 amide bonds. The van der Waals surface area contributed by atoms with E-state index in [1.54, 1.807) is 7.11 Å². The van der Waals surface area contributed by atoms with Crippen LogP contribution in [-0.2, 0) is 6.54 Å². The summed E-state index contributed by atoms with van der Waals surface area (Å²) in [6, 6.07) is 23.4. The van der Waals surface area contributed by atoms with E-state index in [1.807, 2.05) is 85.2 Å². The van der Waals surface area contributed by atoms with E-state index in [4.69, 9.17) is 9.26 Å². The minimum absolute atomic E-state index is 0.249. The molecule has 140 valence electrons. The zero-order valence-corrected chi connectivity index (χ0v) is 15.5. The number of hydrogen-bond donors (Lipinski definition) is 1. The van der Waals surface area contributed by atoms with Crippen LogP contribution in [0.15, 0.2) is 94.5 Å². The molecule has 2 aromatic heterocycles. The number of pyridine rings is 1. The second kappa shape index (κ2) is 7.96. The van der Waals surface area contributed by atoms with E-state index in [0.29, 0.717) is 17.8 Å². The van der Waals surface area contributed by atoms with E-state index in [-0.39, 0.29) is 11.5 Å². The first kappa shape index (κ1) is 17.8. The van der Waals surface area contributed by atoms with Crippen molar-refractivity contribution in [3.63, 3.8) is 0 Å². The lowest BCUT2D eigenvalue weighted by molar-refractivity contribution is -0.698. The van der Waals surface area contributed by atoms with Crippen LogP contribution in [0.3, 0.4) is 0 Å². The molecular formula is C23H21N2O3+. The molecule has 2 aromatic carbocycles. The molecule has 5 heteroatoms.